The van der Waals surface area contributed by atoms with Crippen LogP contribution in [-0.4, -0.2) is 70.3 Å². The minimum atomic E-state index is -5.15. The molecular weight excluding hydrogens is 916 g/mol. The van der Waals surface area contributed by atoms with E-state index in [1.807, 2.05) is 13.8 Å². The molecule has 0 saturated carbocycles. The molecule has 6 rings (SSSR count). The fraction of sp³-hybridized carbons (Fsp3) is 0.400. The second-order valence-electron chi connectivity index (χ2n) is 14.8. The van der Waals surface area contributed by atoms with E-state index in [1.54, 1.807) is 6.26 Å². The second-order valence-corrected chi connectivity index (χ2v) is 17.7. The molecule has 5 aromatic rings. The van der Waals surface area contributed by atoms with Crippen molar-refractivity contribution in [3.05, 3.63) is 93.0 Å². The minimum Gasteiger partial charge on any atom is -0.400 e. The number of rotatable bonds is 11. The lowest BCUT2D eigenvalue weighted by molar-refractivity contribution is -0.143. The molecule has 3 atom stereocenters. The number of benzene rings is 2. The number of aromatic nitrogens is 5. The highest BCUT2D eigenvalue weighted by atomic mass is 35.5. The number of nitrogens with zero attached hydrogens (tertiary/aromatic N) is 5. The van der Waals surface area contributed by atoms with Crippen molar-refractivity contribution in [1.29, 1.82) is 0 Å². The first-order chi connectivity index (χ1) is 29.3. The van der Waals surface area contributed by atoms with Gasteiger partial charge in [-0.2, -0.15) is 45.3 Å². The Hall–Kier alpha value is -4.85. The largest absolute Gasteiger partial charge is 0.435 e. The van der Waals surface area contributed by atoms with Crippen molar-refractivity contribution in [1.82, 2.24) is 29.9 Å². The topological polar surface area (TPSA) is 127 Å². The summed E-state index contributed by atoms with van der Waals surface area (Å²) in [6.45, 7) is 1.95. The van der Waals surface area contributed by atoms with Gasteiger partial charge >= 0.3 is 12.4 Å². The van der Waals surface area contributed by atoms with Gasteiger partial charge in [-0.25, -0.2) is 18.0 Å². The third kappa shape index (κ3) is 11.3. The number of fused-ring (bicyclic) bond motifs is 2. The van der Waals surface area contributed by atoms with Crippen LogP contribution in [0, 0.1) is 23.5 Å². The molecule has 2 aromatic carbocycles. The van der Waals surface area contributed by atoms with Gasteiger partial charge in [-0.3, -0.25) is 18.9 Å². The summed E-state index contributed by atoms with van der Waals surface area (Å²) >= 11 is 7.92. The highest BCUT2D eigenvalue weighted by Gasteiger charge is 2.53. The predicted molar refractivity (Wildman–Crippen MR) is 219 cm³/mol. The molecule has 63 heavy (non-hydrogen) atoms. The lowest BCUT2D eigenvalue weighted by Crippen LogP contribution is -2.35. The van der Waals surface area contributed by atoms with Gasteiger partial charge < -0.3 is 10.4 Å². The Bertz CT molecular complexity index is 2600. The molecule has 2 unspecified atom stereocenters. The van der Waals surface area contributed by atoms with E-state index in [9.17, 15) is 44.1 Å². The summed E-state index contributed by atoms with van der Waals surface area (Å²) in [6.07, 6.45) is -8.48. The van der Waals surface area contributed by atoms with Gasteiger partial charge in [0.2, 0.25) is 5.91 Å². The van der Waals surface area contributed by atoms with Gasteiger partial charge in [-0.15, -0.1) is 11.8 Å². The zero-order valence-electron chi connectivity index (χ0n) is 34.0. The smallest absolute Gasteiger partial charge is 0.400 e. The molecule has 23 heteroatoms. The van der Waals surface area contributed by atoms with Crippen LogP contribution in [-0.2, 0) is 47.4 Å². The van der Waals surface area contributed by atoms with Crippen LogP contribution in [0.15, 0.2) is 42.5 Å². The number of carbonyl (C=O) groups is 1. The summed E-state index contributed by atoms with van der Waals surface area (Å²) in [5.41, 5.74) is -3.94. The molecule has 1 aliphatic carbocycles. The maximum absolute atomic E-state index is 15.3. The monoisotopic (exact) mass is 953 g/mol. The Labute approximate surface area is 365 Å². The Morgan fingerprint density at radius 1 is 1.03 bits per heavy atom. The van der Waals surface area contributed by atoms with E-state index in [1.165, 1.54) is 49.2 Å². The molecule has 3 heterocycles. The van der Waals surface area contributed by atoms with E-state index < -0.39 is 106 Å². The summed E-state index contributed by atoms with van der Waals surface area (Å²) in [6, 6.07) is 6.35. The van der Waals surface area contributed by atoms with Crippen LogP contribution in [0.1, 0.15) is 73.1 Å². The summed E-state index contributed by atoms with van der Waals surface area (Å²) in [5.74, 6) is -2.66. The molecule has 1 aliphatic rings. The van der Waals surface area contributed by atoms with Gasteiger partial charge in [-0.05, 0) is 74.3 Å². The number of carbonyl (C=O) groups excluding carboxylic acids is 1. The number of amides is 1. The Morgan fingerprint density at radius 2 is 1.67 bits per heavy atom. The number of halogens is 11. The highest BCUT2D eigenvalue weighted by molar-refractivity contribution is 8.00. The standard InChI is InChI=1S/C39H34ClF10N7O2S2.CH4O/c1-19-16-37(43,44)34-29(19)33(39(48,49)50)53-56(34)17-28(58)52-27(14-20-12-21(41)15-22(42)13-20)31-24(7-6-23(51-31)10-11-36(2,3)60-4)25-8-9-26(40)30-32(25)57(18-38(45,46)47)54-35(30)55-61(5)59;1-2/h6-9,12-13,15,19,27H,14,16-18H2,1-5H3,(H,52,58)(H,54,55);2H,1H3/t19-,27?,61?;/m0./s1. The van der Waals surface area contributed by atoms with Gasteiger partial charge in [-0.1, -0.05) is 30.5 Å². The number of aliphatic hydroxyl groups excluding tert-OH is 1. The first-order valence-corrected chi connectivity index (χ1v) is 21.6. The van der Waals surface area contributed by atoms with Crippen LogP contribution in [0.3, 0.4) is 0 Å². The molecule has 3 N–H and O–H groups in total. The van der Waals surface area contributed by atoms with Crippen molar-refractivity contribution in [3.63, 3.8) is 0 Å². The number of anilines is 1. The van der Waals surface area contributed by atoms with Crippen molar-refractivity contribution in [2.75, 3.05) is 24.3 Å². The lowest BCUT2D eigenvalue weighted by atomic mass is 9.93. The van der Waals surface area contributed by atoms with E-state index >= 15 is 8.78 Å². The Balaban J connectivity index is 0.00000369. The van der Waals surface area contributed by atoms with Crippen molar-refractivity contribution in [2.24, 2.45) is 0 Å². The molecule has 0 bridgehead atoms. The zero-order chi connectivity index (χ0) is 47.0. The predicted octanol–water partition coefficient (Wildman–Crippen LogP) is 9.31. The van der Waals surface area contributed by atoms with Crippen molar-refractivity contribution in [3.8, 4) is 23.0 Å². The summed E-state index contributed by atoms with van der Waals surface area (Å²) < 4.78 is 159. The molecule has 0 saturated heterocycles. The fourth-order valence-corrected chi connectivity index (χ4v) is 7.90. The first kappa shape index (κ1) is 49.2. The lowest BCUT2D eigenvalue weighted by Gasteiger charge is -2.23. The van der Waals surface area contributed by atoms with Crippen LogP contribution in [0.4, 0.5) is 49.7 Å². The van der Waals surface area contributed by atoms with Crippen LogP contribution < -0.4 is 10.0 Å². The fourth-order valence-electron chi connectivity index (χ4n) is 7.09. The molecular formula is C40H38ClF10N7O3S2. The zero-order valence-corrected chi connectivity index (χ0v) is 36.4. The van der Waals surface area contributed by atoms with Gasteiger partial charge in [0, 0.05) is 42.5 Å². The summed E-state index contributed by atoms with van der Waals surface area (Å²) in [7, 11) is -0.849. The Morgan fingerprint density at radius 3 is 2.25 bits per heavy atom. The number of thioether (sulfide) groups is 1. The SMILES string of the molecule is CO.CSC(C)(C)C#Cc1ccc(-c2ccc(Cl)c3c(NS(C)=O)nn(CC(F)(F)F)c23)c(C(Cc2cc(F)cc(F)c2)NC(=O)Cn2nc(C(F)(F)F)c3c2C(F)(F)C[C@@H]3C)n1. The third-order valence-electron chi connectivity index (χ3n) is 9.61. The van der Waals surface area contributed by atoms with Gasteiger partial charge in [0.05, 0.1) is 32.4 Å². The molecule has 0 spiro atoms. The van der Waals surface area contributed by atoms with Crippen molar-refractivity contribution in [2.45, 2.75) is 81.7 Å². The Kier molecular flexibility index (Phi) is 14.6. The van der Waals surface area contributed by atoms with E-state index in [0.717, 1.165) is 19.2 Å². The van der Waals surface area contributed by atoms with Gasteiger partial charge in [0.15, 0.2) is 11.5 Å². The van der Waals surface area contributed by atoms with E-state index in [2.05, 4.69) is 37.1 Å². The van der Waals surface area contributed by atoms with Gasteiger partial charge in [0.1, 0.15) is 47.1 Å². The van der Waals surface area contributed by atoms with Crippen molar-refractivity contribution < 1.29 is 58.0 Å². The summed E-state index contributed by atoms with van der Waals surface area (Å²) in [4.78, 5) is 18.7. The highest BCUT2D eigenvalue weighted by Crippen LogP contribution is 2.52. The van der Waals surface area contributed by atoms with E-state index in [4.69, 9.17) is 16.7 Å². The van der Waals surface area contributed by atoms with Crippen LogP contribution in [0.5, 0.6) is 0 Å². The quantitative estimate of drug-likeness (QED) is 0.0891. The maximum Gasteiger partial charge on any atom is 0.435 e. The number of alkyl halides is 8. The van der Waals surface area contributed by atoms with Crippen molar-refractivity contribution >= 4 is 57.0 Å². The first-order valence-electron chi connectivity index (χ1n) is 18.5. The second kappa shape index (κ2) is 18.7. The molecule has 1 amide bonds. The molecule has 0 aliphatic heterocycles. The molecule has 10 nitrogen and oxygen atoms in total. The van der Waals surface area contributed by atoms with Gasteiger partial charge in [0.25, 0.3) is 5.92 Å². The minimum absolute atomic E-state index is 0.00860. The average Bonchev–Trinajstić information content (AvgIpc) is 3.80. The van der Waals surface area contributed by atoms with E-state index in [0.29, 0.717) is 10.7 Å². The van der Waals surface area contributed by atoms with Crippen LogP contribution >= 0.6 is 23.4 Å². The number of aliphatic hydroxyl groups is 1. The van der Waals surface area contributed by atoms with Crippen LogP contribution in [0.25, 0.3) is 22.0 Å². The molecule has 3 aromatic heterocycles. The number of hydrogen-bond acceptors (Lipinski definition) is 7. The number of pyridine rings is 1. The number of nitrogens with one attached hydrogen (secondary N) is 2. The molecule has 0 fully saturated rings. The molecule has 0 radical (unpaired) electrons. The average molecular weight is 954 g/mol. The van der Waals surface area contributed by atoms with Crippen LogP contribution in [0.2, 0.25) is 5.02 Å². The normalized spacial score (nSPS) is 15.8. The number of hydrogen-bond donors (Lipinski definition) is 3. The summed E-state index contributed by atoms with van der Waals surface area (Å²) in [5, 5.41) is 16.8. The maximum atomic E-state index is 15.3. The van der Waals surface area contributed by atoms with E-state index in [-0.39, 0.29) is 54.5 Å². The molecule has 340 valence electrons. The third-order valence-corrected chi connectivity index (χ3v) is 11.5.